The van der Waals surface area contributed by atoms with Crippen molar-refractivity contribution in [2.75, 3.05) is 12.4 Å². The average molecular weight is 234 g/mol. The molecule has 0 atom stereocenters. The van der Waals surface area contributed by atoms with Crippen molar-refractivity contribution in [1.82, 2.24) is 0 Å². The van der Waals surface area contributed by atoms with Crippen molar-refractivity contribution in [3.05, 3.63) is 0 Å². The molecule has 0 aromatic carbocycles. The van der Waals surface area contributed by atoms with Gasteiger partial charge in [0.25, 0.3) is 0 Å². The van der Waals surface area contributed by atoms with E-state index in [-0.39, 0.29) is 17.3 Å². The largest absolute Gasteiger partial charge is 0.460 e. The first-order chi connectivity index (χ1) is 6.66. The summed E-state index contributed by atoms with van der Waals surface area (Å²) >= 11 is 1.58. The zero-order valence-corrected chi connectivity index (χ0v) is 11.1. The minimum absolute atomic E-state index is 0.141. The number of thioether (sulfide) groups is 1. The fourth-order valence-corrected chi connectivity index (χ4v) is 1.96. The molecule has 0 aromatic heterocycles. The van der Waals surface area contributed by atoms with E-state index in [1.807, 2.05) is 34.6 Å². The zero-order chi connectivity index (χ0) is 12.1. The molecule has 0 fully saturated rings. The van der Waals surface area contributed by atoms with Gasteiger partial charge in [-0.1, -0.05) is 13.8 Å². The molecule has 90 valence electrons. The summed E-state index contributed by atoms with van der Waals surface area (Å²) in [5.74, 6) is 0.466. The van der Waals surface area contributed by atoms with E-state index in [0.29, 0.717) is 12.2 Å². The number of carbonyl (C=O) groups is 1. The molecule has 0 aliphatic heterocycles. The van der Waals surface area contributed by atoms with Gasteiger partial charge in [0.05, 0.1) is 13.0 Å². The van der Waals surface area contributed by atoms with Crippen LogP contribution in [0.4, 0.5) is 0 Å². The molecule has 0 aliphatic carbocycles. The van der Waals surface area contributed by atoms with Crippen molar-refractivity contribution in [2.24, 2.45) is 0 Å². The van der Waals surface area contributed by atoms with Gasteiger partial charge >= 0.3 is 5.97 Å². The summed E-state index contributed by atoms with van der Waals surface area (Å²) in [6.07, 6.45) is 0.370. The highest BCUT2D eigenvalue weighted by Crippen LogP contribution is 2.28. The quantitative estimate of drug-likeness (QED) is 0.741. The van der Waals surface area contributed by atoms with Crippen molar-refractivity contribution in [1.29, 1.82) is 0 Å². The number of esters is 1. The number of rotatable bonds is 5. The van der Waals surface area contributed by atoms with Gasteiger partial charge in [0, 0.05) is 10.5 Å². The minimum atomic E-state index is -0.422. The molecule has 1 N–H and O–H groups in total. The summed E-state index contributed by atoms with van der Waals surface area (Å²) in [5, 5.41) is 8.71. The number of hydrogen-bond donors (Lipinski definition) is 1. The summed E-state index contributed by atoms with van der Waals surface area (Å²) in [6.45, 7) is 9.69. The molecule has 0 rings (SSSR count). The number of ether oxygens (including phenoxy) is 1. The maximum absolute atomic E-state index is 11.5. The lowest BCUT2D eigenvalue weighted by molar-refractivity contribution is -0.155. The number of aliphatic hydroxyl groups excluding tert-OH is 1. The molecule has 3 nitrogen and oxygen atoms in total. The lowest BCUT2D eigenvalue weighted by Crippen LogP contribution is -2.29. The van der Waals surface area contributed by atoms with Gasteiger partial charge < -0.3 is 9.84 Å². The Kier molecular flexibility index (Phi) is 5.67. The van der Waals surface area contributed by atoms with Crippen molar-refractivity contribution in [3.8, 4) is 0 Å². The van der Waals surface area contributed by atoms with Crippen LogP contribution in [0.25, 0.3) is 0 Å². The molecule has 0 unspecified atom stereocenters. The smallest absolute Gasteiger partial charge is 0.307 e. The van der Waals surface area contributed by atoms with Crippen LogP contribution in [0.5, 0.6) is 0 Å². The predicted molar refractivity (Wildman–Crippen MR) is 64.1 cm³/mol. The standard InChI is InChI=1S/C11H22O3S/c1-10(2,3)14-9(13)8-11(4,5)15-7-6-12/h12H,6-8H2,1-5H3. The van der Waals surface area contributed by atoms with Crippen molar-refractivity contribution >= 4 is 17.7 Å². The first kappa shape index (κ1) is 14.8. The fourth-order valence-electron chi connectivity index (χ4n) is 1.10. The predicted octanol–water partition coefficient (Wildman–Crippen LogP) is 2.22. The monoisotopic (exact) mass is 234 g/mol. The van der Waals surface area contributed by atoms with E-state index in [1.54, 1.807) is 11.8 Å². The summed E-state index contributed by atoms with van der Waals surface area (Å²) in [5.41, 5.74) is -0.422. The molecule has 0 saturated carbocycles. The lowest BCUT2D eigenvalue weighted by Gasteiger charge is -2.26. The van der Waals surface area contributed by atoms with Gasteiger partial charge in [0.2, 0.25) is 0 Å². The van der Waals surface area contributed by atoms with Crippen LogP contribution in [-0.2, 0) is 9.53 Å². The molecule has 0 amide bonds. The molecule has 15 heavy (non-hydrogen) atoms. The zero-order valence-electron chi connectivity index (χ0n) is 10.3. The summed E-state index contributed by atoms with van der Waals surface area (Å²) in [6, 6.07) is 0. The average Bonchev–Trinajstić information content (AvgIpc) is 1.95. The van der Waals surface area contributed by atoms with Gasteiger partial charge in [-0.2, -0.15) is 11.8 Å². The topological polar surface area (TPSA) is 46.5 Å². The Labute approximate surface area is 96.6 Å². The van der Waals surface area contributed by atoms with Gasteiger partial charge in [0.15, 0.2) is 0 Å². The fraction of sp³-hybridized carbons (Fsp3) is 0.909. The number of carbonyl (C=O) groups excluding carboxylic acids is 1. The van der Waals surface area contributed by atoms with Crippen molar-refractivity contribution < 1.29 is 14.6 Å². The van der Waals surface area contributed by atoms with Crippen LogP contribution in [0.15, 0.2) is 0 Å². The Morgan fingerprint density at radius 3 is 2.20 bits per heavy atom. The van der Waals surface area contributed by atoms with Crippen molar-refractivity contribution in [2.45, 2.75) is 51.4 Å². The van der Waals surface area contributed by atoms with Gasteiger partial charge in [-0.3, -0.25) is 4.79 Å². The SMILES string of the molecule is CC(C)(C)OC(=O)CC(C)(C)SCCO. The summed E-state index contributed by atoms with van der Waals surface area (Å²) in [4.78, 5) is 11.5. The highest BCUT2D eigenvalue weighted by atomic mass is 32.2. The molecular weight excluding hydrogens is 212 g/mol. The van der Waals surface area contributed by atoms with Crippen LogP contribution in [0.1, 0.15) is 41.0 Å². The van der Waals surface area contributed by atoms with Crippen molar-refractivity contribution in [3.63, 3.8) is 0 Å². The first-order valence-corrected chi connectivity index (χ1v) is 6.11. The normalized spacial score (nSPS) is 12.7. The van der Waals surface area contributed by atoms with E-state index in [0.717, 1.165) is 0 Å². The molecule has 0 radical (unpaired) electrons. The molecule has 4 heteroatoms. The second kappa shape index (κ2) is 5.75. The van der Waals surface area contributed by atoms with Gasteiger partial charge in [0.1, 0.15) is 5.60 Å². The van der Waals surface area contributed by atoms with E-state index in [4.69, 9.17) is 9.84 Å². The van der Waals surface area contributed by atoms with E-state index >= 15 is 0 Å². The minimum Gasteiger partial charge on any atom is -0.460 e. The Morgan fingerprint density at radius 2 is 1.80 bits per heavy atom. The van der Waals surface area contributed by atoms with Gasteiger partial charge in [-0.25, -0.2) is 0 Å². The highest BCUT2D eigenvalue weighted by Gasteiger charge is 2.25. The molecular formula is C11H22O3S. The Hall–Kier alpha value is -0.220. The van der Waals surface area contributed by atoms with E-state index < -0.39 is 5.60 Å². The van der Waals surface area contributed by atoms with Crippen LogP contribution in [-0.4, -0.2) is 33.8 Å². The second-order valence-corrected chi connectivity index (χ2v) is 6.90. The second-order valence-electron chi connectivity index (χ2n) is 5.09. The van der Waals surface area contributed by atoms with Gasteiger partial charge in [-0.15, -0.1) is 0 Å². The Morgan fingerprint density at radius 1 is 1.27 bits per heavy atom. The van der Waals surface area contributed by atoms with E-state index in [1.165, 1.54) is 0 Å². The first-order valence-electron chi connectivity index (χ1n) is 5.13. The third-order valence-electron chi connectivity index (χ3n) is 1.57. The lowest BCUT2D eigenvalue weighted by atomic mass is 10.1. The maximum Gasteiger partial charge on any atom is 0.307 e. The molecule has 0 saturated heterocycles. The number of hydrogen-bond acceptors (Lipinski definition) is 4. The molecule has 0 heterocycles. The number of aliphatic hydroxyl groups is 1. The summed E-state index contributed by atoms with van der Waals surface area (Å²) < 4.78 is 5.06. The van der Waals surface area contributed by atoms with Gasteiger partial charge in [-0.05, 0) is 20.8 Å². The molecule has 0 aromatic rings. The highest BCUT2D eigenvalue weighted by molar-refractivity contribution is 8.00. The molecule has 0 aliphatic rings. The van der Waals surface area contributed by atoms with E-state index in [9.17, 15) is 4.79 Å². The van der Waals surface area contributed by atoms with Crippen LogP contribution < -0.4 is 0 Å². The summed E-state index contributed by atoms with van der Waals surface area (Å²) in [7, 11) is 0. The Balaban J connectivity index is 4.04. The van der Waals surface area contributed by atoms with Crippen LogP contribution in [0.3, 0.4) is 0 Å². The Bertz CT molecular complexity index is 206. The molecule has 0 bridgehead atoms. The van der Waals surface area contributed by atoms with Crippen LogP contribution in [0.2, 0.25) is 0 Å². The third-order valence-corrected chi connectivity index (χ3v) is 2.89. The third kappa shape index (κ3) is 8.75. The maximum atomic E-state index is 11.5. The van der Waals surface area contributed by atoms with Crippen LogP contribution >= 0.6 is 11.8 Å². The van der Waals surface area contributed by atoms with Crippen LogP contribution in [0, 0.1) is 0 Å². The van der Waals surface area contributed by atoms with E-state index in [2.05, 4.69) is 0 Å². The molecule has 0 spiro atoms.